The van der Waals surface area contributed by atoms with E-state index in [-0.39, 0.29) is 10.9 Å². The van der Waals surface area contributed by atoms with Gasteiger partial charge in [0.15, 0.2) is 0 Å². The van der Waals surface area contributed by atoms with Gasteiger partial charge in [-0.25, -0.2) is 17.9 Å². The standard InChI is InChI=1S/C19H23N3O4S/c1-26-18-10-9-16(27(24,25)22-15-7-8-15)13-17(18)21-19(23)20-12-11-14-5-3-2-4-6-14/h2-6,9-10,13,15,22H,7-8,11-12H2,1H3,(H2,20,21,23). The van der Waals surface area contributed by atoms with Crippen LogP contribution >= 0.6 is 0 Å². The van der Waals surface area contributed by atoms with Crippen molar-refractivity contribution in [1.29, 1.82) is 0 Å². The summed E-state index contributed by atoms with van der Waals surface area (Å²) in [6, 6.07) is 13.8. The lowest BCUT2D eigenvalue weighted by atomic mass is 10.1. The first kappa shape index (κ1) is 19.2. The van der Waals surface area contributed by atoms with Crippen LogP contribution in [0.25, 0.3) is 0 Å². The van der Waals surface area contributed by atoms with Crippen molar-refractivity contribution < 1.29 is 17.9 Å². The Balaban J connectivity index is 1.63. The highest BCUT2D eigenvalue weighted by Crippen LogP contribution is 2.29. The zero-order valence-corrected chi connectivity index (χ0v) is 15.9. The summed E-state index contributed by atoms with van der Waals surface area (Å²) in [5.74, 6) is 0.388. The molecule has 0 heterocycles. The molecule has 8 heteroatoms. The average Bonchev–Trinajstić information content (AvgIpc) is 3.46. The molecule has 3 N–H and O–H groups in total. The van der Waals surface area contributed by atoms with Gasteiger partial charge in [-0.15, -0.1) is 0 Å². The predicted octanol–water partition coefficient (Wildman–Crippen LogP) is 2.50. The molecule has 0 aromatic heterocycles. The zero-order valence-electron chi connectivity index (χ0n) is 15.1. The van der Waals surface area contributed by atoms with Gasteiger partial charge in [0.1, 0.15) is 5.75 Å². The van der Waals surface area contributed by atoms with E-state index in [1.54, 1.807) is 0 Å². The minimum absolute atomic E-state index is 0.00907. The maximum atomic E-state index is 12.4. The molecule has 2 amide bonds. The van der Waals surface area contributed by atoms with Crippen molar-refractivity contribution in [3.05, 3.63) is 54.1 Å². The highest BCUT2D eigenvalue weighted by molar-refractivity contribution is 7.89. The van der Waals surface area contributed by atoms with Crippen molar-refractivity contribution in [1.82, 2.24) is 10.0 Å². The summed E-state index contributed by atoms with van der Waals surface area (Å²) < 4.78 is 32.6. The Morgan fingerprint density at radius 2 is 1.89 bits per heavy atom. The fourth-order valence-electron chi connectivity index (χ4n) is 2.57. The van der Waals surface area contributed by atoms with Crippen molar-refractivity contribution in [2.45, 2.75) is 30.2 Å². The molecule has 144 valence electrons. The number of anilines is 1. The Labute approximate surface area is 159 Å². The summed E-state index contributed by atoms with van der Waals surface area (Å²) in [5, 5.41) is 5.42. The number of amides is 2. The molecule has 0 unspecified atom stereocenters. The third-order valence-electron chi connectivity index (χ3n) is 4.17. The van der Waals surface area contributed by atoms with Crippen molar-refractivity contribution in [3.8, 4) is 5.75 Å². The monoisotopic (exact) mass is 389 g/mol. The first-order valence-corrected chi connectivity index (χ1v) is 10.3. The molecule has 0 atom stereocenters. The SMILES string of the molecule is COc1ccc(S(=O)(=O)NC2CC2)cc1NC(=O)NCCc1ccccc1. The molecule has 0 aliphatic heterocycles. The van der Waals surface area contributed by atoms with E-state index in [4.69, 9.17) is 4.74 Å². The first-order chi connectivity index (χ1) is 13.0. The van der Waals surface area contributed by atoms with Crippen LogP contribution in [0.5, 0.6) is 5.75 Å². The van der Waals surface area contributed by atoms with Crippen LogP contribution in [0.15, 0.2) is 53.4 Å². The number of carbonyl (C=O) groups excluding carboxylic acids is 1. The molecule has 27 heavy (non-hydrogen) atoms. The van der Waals surface area contributed by atoms with E-state index >= 15 is 0 Å². The lowest BCUT2D eigenvalue weighted by Crippen LogP contribution is -2.31. The van der Waals surface area contributed by atoms with Crippen LogP contribution < -0.4 is 20.1 Å². The third kappa shape index (κ3) is 5.45. The van der Waals surface area contributed by atoms with Crippen LogP contribution in [-0.4, -0.2) is 34.1 Å². The third-order valence-corrected chi connectivity index (χ3v) is 5.69. The number of methoxy groups -OCH3 is 1. The lowest BCUT2D eigenvalue weighted by molar-refractivity contribution is 0.252. The molecule has 7 nitrogen and oxygen atoms in total. The maximum Gasteiger partial charge on any atom is 0.319 e. The molecule has 0 saturated heterocycles. The summed E-state index contributed by atoms with van der Waals surface area (Å²) in [5.41, 5.74) is 1.42. The van der Waals surface area contributed by atoms with Gasteiger partial charge in [-0.2, -0.15) is 0 Å². The number of ether oxygens (including phenoxy) is 1. The molecule has 0 bridgehead atoms. The van der Waals surface area contributed by atoms with Gasteiger partial charge in [0.2, 0.25) is 10.0 Å². The minimum atomic E-state index is -3.61. The quantitative estimate of drug-likeness (QED) is 0.646. The second-order valence-electron chi connectivity index (χ2n) is 6.37. The van der Waals surface area contributed by atoms with E-state index in [2.05, 4.69) is 15.4 Å². The van der Waals surface area contributed by atoms with Crippen LogP contribution in [0.3, 0.4) is 0 Å². The summed E-state index contributed by atoms with van der Waals surface area (Å²) in [4.78, 5) is 12.3. The molecule has 3 rings (SSSR count). The number of carbonyl (C=O) groups is 1. The number of benzene rings is 2. The van der Waals surface area contributed by atoms with Gasteiger partial charge >= 0.3 is 6.03 Å². The van der Waals surface area contributed by atoms with Crippen LogP contribution in [0.1, 0.15) is 18.4 Å². The minimum Gasteiger partial charge on any atom is -0.495 e. The smallest absolute Gasteiger partial charge is 0.319 e. The van der Waals surface area contributed by atoms with Gasteiger partial charge in [-0.05, 0) is 43.0 Å². The largest absolute Gasteiger partial charge is 0.495 e. The van der Waals surface area contributed by atoms with Gasteiger partial charge in [-0.1, -0.05) is 30.3 Å². The molecular formula is C19H23N3O4S. The number of sulfonamides is 1. The summed E-state index contributed by atoms with van der Waals surface area (Å²) in [6.45, 7) is 0.458. The molecular weight excluding hydrogens is 366 g/mol. The molecule has 0 spiro atoms. The number of nitrogens with one attached hydrogen (secondary N) is 3. The second kappa shape index (κ2) is 8.41. The number of hydrogen-bond donors (Lipinski definition) is 3. The van der Waals surface area contributed by atoms with Gasteiger partial charge < -0.3 is 15.4 Å². The Kier molecular flexibility index (Phi) is 5.98. The fourth-order valence-corrected chi connectivity index (χ4v) is 3.90. The number of hydrogen-bond acceptors (Lipinski definition) is 4. The molecule has 2 aromatic rings. The Morgan fingerprint density at radius 3 is 2.56 bits per heavy atom. The first-order valence-electron chi connectivity index (χ1n) is 8.77. The second-order valence-corrected chi connectivity index (χ2v) is 8.09. The maximum absolute atomic E-state index is 12.4. The van der Waals surface area contributed by atoms with Gasteiger partial charge in [-0.3, -0.25) is 0 Å². The van der Waals surface area contributed by atoms with E-state index in [1.165, 1.54) is 25.3 Å². The average molecular weight is 389 g/mol. The summed E-state index contributed by atoms with van der Waals surface area (Å²) in [6.07, 6.45) is 2.40. The number of rotatable bonds is 8. The van der Waals surface area contributed by atoms with E-state index in [1.807, 2.05) is 30.3 Å². The Morgan fingerprint density at radius 1 is 1.15 bits per heavy atom. The van der Waals surface area contributed by atoms with Crippen LogP contribution in [0, 0.1) is 0 Å². The van der Waals surface area contributed by atoms with Crippen LogP contribution in [-0.2, 0) is 16.4 Å². The fraction of sp³-hybridized carbons (Fsp3) is 0.316. The Hall–Kier alpha value is -2.58. The normalized spacial score (nSPS) is 13.8. The van der Waals surface area contributed by atoms with E-state index in [9.17, 15) is 13.2 Å². The van der Waals surface area contributed by atoms with E-state index in [0.717, 1.165) is 18.4 Å². The highest BCUT2D eigenvalue weighted by atomic mass is 32.2. The molecule has 1 fully saturated rings. The van der Waals surface area contributed by atoms with Gasteiger partial charge in [0, 0.05) is 12.6 Å². The summed E-state index contributed by atoms with van der Waals surface area (Å²) >= 11 is 0. The van der Waals surface area contributed by atoms with Crippen molar-refractivity contribution in [3.63, 3.8) is 0 Å². The van der Waals surface area contributed by atoms with Crippen molar-refractivity contribution >= 4 is 21.7 Å². The van der Waals surface area contributed by atoms with Crippen LogP contribution in [0.2, 0.25) is 0 Å². The molecule has 1 aliphatic rings. The van der Waals surface area contributed by atoms with E-state index in [0.29, 0.717) is 24.4 Å². The van der Waals surface area contributed by atoms with E-state index < -0.39 is 16.1 Å². The molecule has 1 saturated carbocycles. The zero-order chi connectivity index (χ0) is 19.3. The summed E-state index contributed by atoms with van der Waals surface area (Å²) in [7, 11) is -2.15. The van der Waals surface area contributed by atoms with Crippen molar-refractivity contribution in [2.75, 3.05) is 19.0 Å². The molecule has 0 radical (unpaired) electrons. The van der Waals surface area contributed by atoms with Gasteiger partial charge in [0.25, 0.3) is 0 Å². The Bertz CT molecular complexity index is 896. The highest BCUT2D eigenvalue weighted by Gasteiger charge is 2.28. The predicted molar refractivity (Wildman–Crippen MR) is 104 cm³/mol. The topological polar surface area (TPSA) is 96.5 Å². The van der Waals surface area contributed by atoms with Gasteiger partial charge in [0.05, 0.1) is 17.7 Å². The number of urea groups is 1. The van der Waals surface area contributed by atoms with Crippen molar-refractivity contribution in [2.24, 2.45) is 0 Å². The lowest BCUT2D eigenvalue weighted by Gasteiger charge is -2.13. The van der Waals surface area contributed by atoms with Crippen LogP contribution in [0.4, 0.5) is 10.5 Å². The molecule has 1 aliphatic carbocycles. The molecule has 2 aromatic carbocycles.